The van der Waals surface area contributed by atoms with Gasteiger partial charge >= 0.3 is 0 Å². The van der Waals surface area contributed by atoms with E-state index in [2.05, 4.69) is 21.6 Å². The van der Waals surface area contributed by atoms with Crippen molar-refractivity contribution in [1.29, 1.82) is 5.26 Å². The molecule has 8 nitrogen and oxygen atoms in total. The number of carbonyl (C=O) groups excluding carboxylic acids is 1. The third kappa shape index (κ3) is 3.73. The number of amides is 1. The van der Waals surface area contributed by atoms with Crippen molar-refractivity contribution in [3.8, 4) is 23.4 Å². The van der Waals surface area contributed by atoms with Crippen molar-refractivity contribution in [3.05, 3.63) is 65.5 Å². The van der Waals surface area contributed by atoms with Gasteiger partial charge in [0.15, 0.2) is 5.76 Å². The maximum atomic E-state index is 12.6. The molecule has 1 amide bonds. The lowest BCUT2D eigenvalue weighted by atomic mass is 10.2. The number of nitrogens with one attached hydrogen (secondary N) is 1. The SMILES string of the molecule is Cc1c(C#N)c(NC(=O)CSc2nnc(-c3ccco3)o2)n(-c2ccccc2)c1C. The van der Waals surface area contributed by atoms with Gasteiger partial charge in [0, 0.05) is 11.4 Å². The summed E-state index contributed by atoms with van der Waals surface area (Å²) in [5.74, 6) is 0.918. The van der Waals surface area contributed by atoms with Gasteiger partial charge in [-0.05, 0) is 43.7 Å². The maximum absolute atomic E-state index is 12.6. The van der Waals surface area contributed by atoms with E-state index >= 15 is 0 Å². The van der Waals surface area contributed by atoms with E-state index in [4.69, 9.17) is 8.83 Å². The van der Waals surface area contributed by atoms with Crippen LogP contribution in [0.15, 0.2) is 62.8 Å². The van der Waals surface area contributed by atoms with Crippen molar-refractivity contribution >= 4 is 23.5 Å². The Morgan fingerprint density at radius 1 is 1.20 bits per heavy atom. The van der Waals surface area contributed by atoms with E-state index in [1.165, 1.54) is 6.26 Å². The van der Waals surface area contributed by atoms with Crippen molar-refractivity contribution in [2.75, 3.05) is 11.1 Å². The monoisotopic (exact) mass is 419 g/mol. The molecule has 0 aliphatic heterocycles. The summed E-state index contributed by atoms with van der Waals surface area (Å²) in [5.41, 5.74) is 3.01. The number of hydrogen-bond donors (Lipinski definition) is 1. The molecule has 0 aliphatic rings. The highest BCUT2D eigenvalue weighted by molar-refractivity contribution is 7.99. The lowest BCUT2D eigenvalue weighted by molar-refractivity contribution is -0.113. The van der Waals surface area contributed by atoms with Crippen LogP contribution >= 0.6 is 11.8 Å². The number of thioether (sulfide) groups is 1. The number of aromatic nitrogens is 3. The fourth-order valence-corrected chi connectivity index (χ4v) is 3.59. The molecule has 0 saturated heterocycles. The van der Waals surface area contributed by atoms with Crippen LogP contribution in [0.5, 0.6) is 0 Å². The average molecular weight is 419 g/mol. The van der Waals surface area contributed by atoms with E-state index in [1.807, 2.05) is 48.7 Å². The van der Waals surface area contributed by atoms with Crippen LogP contribution in [0.25, 0.3) is 17.3 Å². The van der Waals surface area contributed by atoms with Gasteiger partial charge in [-0.2, -0.15) is 5.26 Å². The molecule has 0 fully saturated rings. The third-order valence-corrected chi connectivity index (χ3v) is 5.38. The molecule has 4 rings (SSSR count). The Balaban J connectivity index is 1.52. The van der Waals surface area contributed by atoms with Gasteiger partial charge in [-0.15, -0.1) is 10.2 Å². The maximum Gasteiger partial charge on any atom is 0.284 e. The summed E-state index contributed by atoms with van der Waals surface area (Å²) >= 11 is 1.11. The van der Waals surface area contributed by atoms with Crippen molar-refractivity contribution in [1.82, 2.24) is 14.8 Å². The zero-order valence-corrected chi connectivity index (χ0v) is 17.1. The van der Waals surface area contributed by atoms with Crippen LogP contribution in [-0.2, 0) is 4.79 Å². The standard InChI is InChI=1S/C21H17N5O3S/c1-13-14(2)26(15-7-4-3-5-8-15)19(16(13)11-22)23-18(27)12-30-21-25-24-20(29-21)17-9-6-10-28-17/h3-10H,12H2,1-2H3,(H,23,27). The van der Waals surface area contributed by atoms with Crippen molar-refractivity contribution < 1.29 is 13.6 Å². The molecule has 0 unspecified atom stereocenters. The number of carbonyl (C=O) groups is 1. The molecule has 4 aromatic rings. The molecule has 9 heteroatoms. The van der Waals surface area contributed by atoms with Crippen molar-refractivity contribution in [3.63, 3.8) is 0 Å². The van der Waals surface area contributed by atoms with Crippen LogP contribution in [0.3, 0.4) is 0 Å². The molecule has 0 bridgehead atoms. The van der Waals surface area contributed by atoms with E-state index in [1.54, 1.807) is 12.1 Å². The lowest BCUT2D eigenvalue weighted by Gasteiger charge is -2.12. The van der Waals surface area contributed by atoms with Crippen molar-refractivity contribution in [2.24, 2.45) is 0 Å². The minimum absolute atomic E-state index is 0.0444. The zero-order valence-electron chi connectivity index (χ0n) is 16.2. The topological polar surface area (TPSA) is 110 Å². The quantitative estimate of drug-likeness (QED) is 0.463. The van der Waals surface area contributed by atoms with E-state index in [-0.39, 0.29) is 22.8 Å². The van der Waals surface area contributed by atoms with Gasteiger partial charge in [0.2, 0.25) is 5.91 Å². The molecule has 0 spiro atoms. The first-order valence-corrected chi connectivity index (χ1v) is 10.0. The van der Waals surface area contributed by atoms with Gasteiger partial charge in [-0.1, -0.05) is 30.0 Å². The number of rotatable bonds is 6. The molecular weight excluding hydrogens is 402 g/mol. The highest BCUT2D eigenvalue weighted by Gasteiger charge is 2.21. The Labute approximate surface area is 176 Å². The second kappa shape index (κ2) is 8.31. The largest absolute Gasteiger partial charge is 0.459 e. The predicted molar refractivity (Wildman–Crippen MR) is 111 cm³/mol. The fourth-order valence-electron chi connectivity index (χ4n) is 3.02. The van der Waals surface area contributed by atoms with Crippen LogP contribution < -0.4 is 5.32 Å². The Hall–Kier alpha value is -3.77. The normalized spacial score (nSPS) is 10.7. The highest BCUT2D eigenvalue weighted by Crippen LogP contribution is 2.30. The molecule has 3 aromatic heterocycles. The highest BCUT2D eigenvalue weighted by atomic mass is 32.2. The number of benzene rings is 1. The van der Waals surface area contributed by atoms with Gasteiger partial charge < -0.3 is 14.2 Å². The first kappa shape index (κ1) is 19.5. The average Bonchev–Trinajstić information content (AvgIpc) is 3.48. The van der Waals surface area contributed by atoms with Crippen LogP contribution in [0, 0.1) is 25.2 Å². The first-order chi connectivity index (χ1) is 14.6. The summed E-state index contributed by atoms with van der Waals surface area (Å²) in [4.78, 5) is 12.6. The molecule has 0 aliphatic carbocycles. The van der Waals surface area contributed by atoms with Gasteiger partial charge in [0.25, 0.3) is 11.1 Å². The van der Waals surface area contributed by atoms with Gasteiger partial charge in [0.1, 0.15) is 11.9 Å². The number of para-hydroxylation sites is 1. The Bertz CT molecular complexity index is 1220. The molecule has 0 saturated carbocycles. The third-order valence-electron chi connectivity index (χ3n) is 4.56. The van der Waals surface area contributed by atoms with E-state index < -0.39 is 0 Å². The summed E-state index contributed by atoms with van der Waals surface area (Å²) in [6.07, 6.45) is 1.51. The fraction of sp³-hybridized carbons (Fsp3) is 0.143. The second-order valence-electron chi connectivity index (χ2n) is 6.40. The number of hydrogen-bond acceptors (Lipinski definition) is 7. The summed E-state index contributed by atoms with van der Waals surface area (Å²) in [6.45, 7) is 3.79. The van der Waals surface area contributed by atoms with Crippen molar-refractivity contribution in [2.45, 2.75) is 19.1 Å². The predicted octanol–water partition coefficient (Wildman–Crippen LogP) is 4.34. The van der Waals surface area contributed by atoms with Crippen LogP contribution in [-0.4, -0.2) is 26.4 Å². The summed E-state index contributed by atoms with van der Waals surface area (Å²) < 4.78 is 12.6. The van der Waals surface area contributed by atoms with E-state index in [0.717, 1.165) is 28.7 Å². The number of nitrogens with zero attached hydrogens (tertiary/aromatic N) is 4. The van der Waals surface area contributed by atoms with Gasteiger partial charge in [-0.25, -0.2) is 0 Å². The molecule has 0 atom stereocenters. The smallest absolute Gasteiger partial charge is 0.284 e. The summed E-state index contributed by atoms with van der Waals surface area (Å²) in [5, 5.41) is 20.6. The number of nitriles is 1. The molecule has 1 N–H and O–H groups in total. The van der Waals surface area contributed by atoms with Gasteiger partial charge in [-0.3, -0.25) is 9.36 Å². The Kier molecular flexibility index (Phi) is 5.41. The number of furan rings is 1. The van der Waals surface area contributed by atoms with Crippen LogP contribution in [0.1, 0.15) is 16.8 Å². The summed E-state index contributed by atoms with van der Waals surface area (Å²) in [7, 11) is 0. The molecule has 1 aromatic carbocycles. The molecule has 3 heterocycles. The molecule has 30 heavy (non-hydrogen) atoms. The first-order valence-electron chi connectivity index (χ1n) is 9.06. The molecular formula is C21H17N5O3S. The zero-order chi connectivity index (χ0) is 21.1. The molecule has 0 radical (unpaired) electrons. The molecule has 150 valence electrons. The Morgan fingerprint density at radius 2 is 2.00 bits per heavy atom. The van der Waals surface area contributed by atoms with Crippen LogP contribution in [0.4, 0.5) is 5.82 Å². The second-order valence-corrected chi connectivity index (χ2v) is 7.33. The number of anilines is 1. The van der Waals surface area contributed by atoms with Crippen LogP contribution in [0.2, 0.25) is 0 Å². The minimum Gasteiger partial charge on any atom is -0.459 e. The van der Waals surface area contributed by atoms with E-state index in [0.29, 0.717) is 17.1 Å². The van der Waals surface area contributed by atoms with E-state index in [9.17, 15) is 10.1 Å². The Morgan fingerprint density at radius 3 is 2.70 bits per heavy atom. The lowest BCUT2D eigenvalue weighted by Crippen LogP contribution is -2.17. The minimum atomic E-state index is -0.288. The summed E-state index contributed by atoms with van der Waals surface area (Å²) in [6, 6.07) is 15.2. The van der Waals surface area contributed by atoms with Gasteiger partial charge in [0.05, 0.1) is 17.6 Å².